The Labute approximate surface area is 181 Å². The van der Waals surface area contributed by atoms with Gasteiger partial charge in [-0.1, -0.05) is 48.0 Å². The Morgan fingerprint density at radius 2 is 1.77 bits per heavy atom. The largest absolute Gasteiger partial charge is 0.340 e. The number of nitrogens with one attached hydrogen (secondary N) is 1. The quantitative estimate of drug-likeness (QED) is 0.514. The van der Waals surface area contributed by atoms with E-state index in [4.69, 9.17) is 0 Å². The van der Waals surface area contributed by atoms with E-state index in [-0.39, 0.29) is 11.0 Å². The van der Waals surface area contributed by atoms with Gasteiger partial charge >= 0.3 is 0 Å². The molecule has 0 spiro atoms. The van der Waals surface area contributed by atoms with Gasteiger partial charge in [-0.25, -0.2) is 0 Å². The normalized spacial score (nSPS) is 10.6. The molecule has 2 heterocycles. The molecule has 1 N–H and O–H groups in total. The van der Waals surface area contributed by atoms with E-state index in [9.17, 15) is 9.59 Å². The van der Waals surface area contributed by atoms with Crippen molar-refractivity contribution in [1.29, 1.82) is 0 Å². The van der Waals surface area contributed by atoms with Crippen LogP contribution < -0.4 is 10.7 Å². The summed E-state index contributed by atoms with van der Waals surface area (Å²) in [6.07, 6.45) is 3.52. The average molecular weight is 409 g/mol. The van der Waals surface area contributed by atoms with Crippen molar-refractivity contribution in [2.24, 2.45) is 0 Å². The third-order valence-corrected chi connectivity index (χ3v) is 5.13. The molecule has 0 bridgehead atoms. The minimum absolute atomic E-state index is 0.129. The first-order chi connectivity index (χ1) is 15.0. The Morgan fingerprint density at radius 1 is 0.968 bits per heavy atom. The molecule has 0 aliphatic heterocycles. The lowest BCUT2D eigenvalue weighted by molar-refractivity contribution is 0.102. The molecule has 1 amide bonds. The van der Waals surface area contributed by atoms with Crippen LogP contribution in [0.25, 0.3) is 11.3 Å². The highest BCUT2D eigenvalue weighted by atomic mass is 16.2. The molecule has 5 nitrogen and oxygen atoms in total. The molecule has 31 heavy (non-hydrogen) atoms. The summed E-state index contributed by atoms with van der Waals surface area (Å²) in [6, 6.07) is 22.4. The van der Waals surface area contributed by atoms with E-state index < -0.39 is 5.91 Å². The summed E-state index contributed by atoms with van der Waals surface area (Å²) < 4.78 is 2.01. The van der Waals surface area contributed by atoms with Crippen LogP contribution in [-0.4, -0.2) is 15.5 Å². The second-order valence-corrected chi connectivity index (χ2v) is 7.51. The summed E-state index contributed by atoms with van der Waals surface area (Å²) in [4.78, 5) is 30.6. The smallest absolute Gasteiger partial charge is 0.261 e. The molecule has 0 atom stereocenters. The molecule has 0 aliphatic carbocycles. The monoisotopic (exact) mass is 409 g/mol. The van der Waals surface area contributed by atoms with Crippen LogP contribution in [0.3, 0.4) is 0 Å². The summed E-state index contributed by atoms with van der Waals surface area (Å²) >= 11 is 0. The van der Waals surface area contributed by atoms with Gasteiger partial charge in [0.05, 0.1) is 5.69 Å². The first-order valence-electron chi connectivity index (χ1n) is 10.1. The number of aryl methyl sites for hydroxylation is 2. The lowest BCUT2D eigenvalue weighted by Gasteiger charge is -2.21. The van der Waals surface area contributed by atoms with Crippen LogP contribution in [0.2, 0.25) is 0 Å². The van der Waals surface area contributed by atoms with Gasteiger partial charge in [0.1, 0.15) is 5.56 Å². The van der Waals surface area contributed by atoms with E-state index in [1.54, 1.807) is 24.5 Å². The van der Waals surface area contributed by atoms with E-state index >= 15 is 0 Å². The first-order valence-corrected chi connectivity index (χ1v) is 10.1. The standard InChI is InChI=1S/C26H23N3O2/c1-18-8-6-10-21(14-18)25-24(26(31)28-22-11-4-3-5-12-22)23(30)15-19(2)29(25)17-20-9-7-13-27-16-20/h3-16H,17H2,1-2H3,(H,28,31). The first kappa shape index (κ1) is 20.3. The predicted molar refractivity (Wildman–Crippen MR) is 123 cm³/mol. The molecule has 0 fully saturated rings. The molecule has 4 rings (SSSR count). The van der Waals surface area contributed by atoms with Gasteiger partial charge in [-0.15, -0.1) is 0 Å². The molecule has 5 heteroatoms. The summed E-state index contributed by atoms with van der Waals surface area (Å²) in [5.74, 6) is -0.423. The van der Waals surface area contributed by atoms with E-state index in [1.807, 2.05) is 73.0 Å². The zero-order valence-corrected chi connectivity index (χ0v) is 17.5. The van der Waals surface area contributed by atoms with Crippen LogP contribution >= 0.6 is 0 Å². The number of benzene rings is 2. The van der Waals surface area contributed by atoms with Gasteiger partial charge in [0.25, 0.3) is 5.91 Å². The fourth-order valence-corrected chi connectivity index (χ4v) is 3.67. The maximum absolute atomic E-state index is 13.3. The van der Waals surface area contributed by atoms with Crippen LogP contribution in [0.1, 0.15) is 27.2 Å². The summed E-state index contributed by atoms with van der Waals surface area (Å²) in [5.41, 5.74) is 4.71. The zero-order chi connectivity index (χ0) is 21.8. The molecular weight excluding hydrogens is 386 g/mol. The number of amides is 1. The van der Waals surface area contributed by atoms with Crippen molar-refractivity contribution >= 4 is 11.6 Å². The number of anilines is 1. The summed E-state index contributed by atoms with van der Waals surface area (Å²) in [6.45, 7) is 4.37. The highest BCUT2D eigenvalue weighted by Gasteiger charge is 2.22. The van der Waals surface area contributed by atoms with Gasteiger partial charge in [0.2, 0.25) is 0 Å². The summed E-state index contributed by atoms with van der Waals surface area (Å²) in [7, 11) is 0. The molecule has 2 aromatic heterocycles. The molecular formula is C26H23N3O2. The fourth-order valence-electron chi connectivity index (χ4n) is 3.67. The lowest BCUT2D eigenvalue weighted by atomic mass is 10.0. The molecule has 0 saturated carbocycles. The average Bonchev–Trinajstić information content (AvgIpc) is 2.76. The van der Waals surface area contributed by atoms with Crippen molar-refractivity contribution in [2.75, 3.05) is 5.32 Å². The van der Waals surface area contributed by atoms with Gasteiger partial charge in [-0.2, -0.15) is 0 Å². The van der Waals surface area contributed by atoms with Gasteiger partial charge in [-0.3, -0.25) is 14.6 Å². The third-order valence-electron chi connectivity index (χ3n) is 5.13. The van der Waals surface area contributed by atoms with Crippen LogP contribution in [0.15, 0.2) is 90.0 Å². The number of aromatic nitrogens is 2. The van der Waals surface area contributed by atoms with Crippen LogP contribution in [0.4, 0.5) is 5.69 Å². The Hall–Kier alpha value is -3.99. The van der Waals surface area contributed by atoms with Gasteiger partial charge in [0, 0.05) is 36.4 Å². The number of nitrogens with zero attached hydrogens (tertiary/aromatic N) is 2. The molecule has 0 unspecified atom stereocenters. The van der Waals surface area contributed by atoms with Gasteiger partial charge < -0.3 is 9.88 Å². The fraction of sp³-hybridized carbons (Fsp3) is 0.115. The Kier molecular flexibility index (Phi) is 5.76. The van der Waals surface area contributed by atoms with Crippen LogP contribution in [-0.2, 0) is 6.54 Å². The second-order valence-electron chi connectivity index (χ2n) is 7.51. The maximum Gasteiger partial charge on any atom is 0.261 e. The SMILES string of the molecule is Cc1cccc(-c2c(C(=O)Nc3ccccc3)c(=O)cc(C)n2Cc2cccnc2)c1. The van der Waals surface area contributed by atoms with Crippen molar-refractivity contribution < 1.29 is 4.79 Å². The number of carbonyl (C=O) groups excluding carboxylic acids is 1. The van der Waals surface area contributed by atoms with Crippen molar-refractivity contribution in [2.45, 2.75) is 20.4 Å². The minimum Gasteiger partial charge on any atom is -0.340 e. The minimum atomic E-state index is -0.423. The number of para-hydroxylation sites is 1. The van der Waals surface area contributed by atoms with Crippen LogP contribution in [0, 0.1) is 13.8 Å². The van der Waals surface area contributed by atoms with Gasteiger partial charge in [-0.05, 0) is 49.2 Å². The molecule has 0 radical (unpaired) electrons. The number of carbonyl (C=O) groups is 1. The maximum atomic E-state index is 13.3. The highest BCUT2D eigenvalue weighted by molar-refractivity contribution is 6.08. The van der Waals surface area contributed by atoms with Crippen molar-refractivity contribution in [3.05, 3.63) is 118 Å². The Morgan fingerprint density at radius 3 is 2.48 bits per heavy atom. The van der Waals surface area contributed by atoms with Crippen molar-refractivity contribution in [3.63, 3.8) is 0 Å². The van der Waals surface area contributed by atoms with E-state index in [0.717, 1.165) is 22.4 Å². The molecule has 4 aromatic rings. The number of hydrogen-bond donors (Lipinski definition) is 1. The van der Waals surface area contributed by atoms with E-state index in [1.165, 1.54) is 6.07 Å². The lowest BCUT2D eigenvalue weighted by Crippen LogP contribution is -2.27. The third kappa shape index (κ3) is 4.46. The number of pyridine rings is 2. The van der Waals surface area contributed by atoms with Crippen molar-refractivity contribution in [1.82, 2.24) is 9.55 Å². The molecule has 0 saturated heterocycles. The molecule has 2 aromatic carbocycles. The predicted octanol–water partition coefficient (Wildman–Crippen LogP) is 4.83. The van der Waals surface area contributed by atoms with Crippen LogP contribution in [0.5, 0.6) is 0 Å². The Balaban J connectivity index is 1.92. The second kappa shape index (κ2) is 8.79. The summed E-state index contributed by atoms with van der Waals surface area (Å²) in [5, 5.41) is 2.87. The highest BCUT2D eigenvalue weighted by Crippen LogP contribution is 2.26. The number of rotatable bonds is 5. The van der Waals surface area contributed by atoms with Crippen molar-refractivity contribution in [3.8, 4) is 11.3 Å². The Bertz CT molecular complexity index is 1280. The van der Waals surface area contributed by atoms with E-state index in [0.29, 0.717) is 17.9 Å². The molecule has 154 valence electrons. The van der Waals surface area contributed by atoms with E-state index in [2.05, 4.69) is 10.3 Å². The molecule has 0 aliphatic rings. The number of hydrogen-bond acceptors (Lipinski definition) is 3. The zero-order valence-electron chi connectivity index (χ0n) is 17.5. The topological polar surface area (TPSA) is 64.0 Å². The van der Waals surface area contributed by atoms with Gasteiger partial charge in [0.15, 0.2) is 5.43 Å².